The Morgan fingerprint density at radius 3 is 2.52 bits per heavy atom. The maximum atomic E-state index is 5.59. The molecule has 1 saturated carbocycles. The summed E-state index contributed by atoms with van der Waals surface area (Å²) in [6, 6.07) is 1.30. The highest BCUT2D eigenvalue weighted by atomic mass is 16.5. The summed E-state index contributed by atoms with van der Waals surface area (Å²) < 4.78 is 7.61. The fourth-order valence-electron chi connectivity index (χ4n) is 5.66. The summed E-state index contributed by atoms with van der Waals surface area (Å²) in [5.41, 5.74) is 4.75. The molecule has 2 aromatic rings. The topological polar surface area (TPSA) is 58.5 Å². The number of ether oxygens (including phenoxy) is 1. The van der Waals surface area contributed by atoms with Gasteiger partial charge in [-0.2, -0.15) is 5.10 Å². The SMILES string of the molecule is CCn1ncc2c(NC3CCOCC3)c(CN3CCN(C4CCCC4)CC3)c(C)nc21. The number of pyridine rings is 1. The molecule has 1 aliphatic carbocycles. The van der Waals surface area contributed by atoms with Gasteiger partial charge in [0.2, 0.25) is 0 Å². The first-order valence-electron chi connectivity index (χ1n) is 12.4. The molecular formula is C24H38N6O. The second-order valence-electron chi connectivity index (χ2n) is 9.53. The first kappa shape index (κ1) is 21.2. The summed E-state index contributed by atoms with van der Waals surface area (Å²) in [7, 11) is 0. The van der Waals surface area contributed by atoms with Gasteiger partial charge in [-0.3, -0.25) is 9.80 Å². The Labute approximate surface area is 186 Å². The highest BCUT2D eigenvalue weighted by molar-refractivity contribution is 5.91. The zero-order valence-corrected chi connectivity index (χ0v) is 19.3. The van der Waals surface area contributed by atoms with E-state index in [1.807, 2.05) is 10.9 Å². The van der Waals surface area contributed by atoms with E-state index in [4.69, 9.17) is 9.72 Å². The molecule has 31 heavy (non-hydrogen) atoms. The van der Waals surface area contributed by atoms with Crippen molar-refractivity contribution in [2.24, 2.45) is 0 Å². The monoisotopic (exact) mass is 426 g/mol. The summed E-state index contributed by atoms with van der Waals surface area (Å²) in [5, 5.41) is 9.69. The summed E-state index contributed by atoms with van der Waals surface area (Å²) in [6.45, 7) is 12.5. The summed E-state index contributed by atoms with van der Waals surface area (Å²) in [4.78, 5) is 10.4. The van der Waals surface area contributed by atoms with Crippen LogP contribution in [0.4, 0.5) is 5.69 Å². The van der Waals surface area contributed by atoms with E-state index in [0.717, 1.165) is 69.6 Å². The molecule has 4 heterocycles. The molecule has 170 valence electrons. The number of hydrogen-bond acceptors (Lipinski definition) is 6. The third-order valence-corrected chi connectivity index (χ3v) is 7.59. The van der Waals surface area contributed by atoms with E-state index in [9.17, 15) is 0 Å². The number of anilines is 1. The number of nitrogens with one attached hydrogen (secondary N) is 1. The van der Waals surface area contributed by atoms with Crippen molar-refractivity contribution in [3.63, 3.8) is 0 Å². The van der Waals surface area contributed by atoms with Gasteiger partial charge in [-0.05, 0) is 39.5 Å². The van der Waals surface area contributed by atoms with Crippen molar-refractivity contribution in [3.05, 3.63) is 17.5 Å². The van der Waals surface area contributed by atoms with Gasteiger partial charge in [-0.15, -0.1) is 0 Å². The molecule has 0 amide bonds. The lowest BCUT2D eigenvalue weighted by Gasteiger charge is -2.38. The van der Waals surface area contributed by atoms with Crippen LogP contribution in [-0.4, -0.2) is 76.0 Å². The van der Waals surface area contributed by atoms with Crippen molar-refractivity contribution < 1.29 is 4.74 Å². The predicted octanol–water partition coefficient (Wildman–Crippen LogP) is 3.41. The molecule has 0 atom stereocenters. The van der Waals surface area contributed by atoms with Crippen LogP contribution in [0.25, 0.3) is 11.0 Å². The highest BCUT2D eigenvalue weighted by Gasteiger charge is 2.27. The van der Waals surface area contributed by atoms with E-state index >= 15 is 0 Å². The quantitative estimate of drug-likeness (QED) is 0.764. The lowest BCUT2D eigenvalue weighted by molar-refractivity contribution is 0.0900. The molecule has 5 rings (SSSR count). The Bertz CT molecular complexity index is 876. The number of rotatable bonds is 6. The van der Waals surface area contributed by atoms with E-state index < -0.39 is 0 Å². The van der Waals surface area contributed by atoms with Crippen LogP contribution < -0.4 is 5.32 Å². The molecule has 3 fully saturated rings. The Hall–Kier alpha value is -1.70. The summed E-state index contributed by atoms with van der Waals surface area (Å²) in [6.07, 6.45) is 9.77. The maximum absolute atomic E-state index is 5.59. The molecule has 2 saturated heterocycles. The van der Waals surface area contributed by atoms with Gasteiger partial charge >= 0.3 is 0 Å². The van der Waals surface area contributed by atoms with Crippen LogP contribution in [0.1, 0.15) is 56.7 Å². The van der Waals surface area contributed by atoms with Crippen LogP contribution >= 0.6 is 0 Å². The highest BCUT2D eigenvalue weighted by Crippen LogP contribution is 2.32. The van der Waals surface area contributed by atoms with E-state index in [0.29, 0.717) is 6.04 Å². The number of fused-ring (bicyclic) bond motifs is 1. The fourth-order valence-corrected chi connectivity index (χ4v) is 5.66. The number of nitrogens with zero attached hydrogens (tertiary/aromatic N) is 5. The maximum Gasteiger partial charge on any atom is 0.160 e. The van der Waals surface area contributed by atoms with Crippen LogP contribution in [0.2, 0.25) is 0 Å². The molecular weight excluding hydrogens is 388 g/mol. The molecule has 0 bridgehead atoms. The molecule has 0 unspecified atom stereocenters. The van der Waals surface area contributed by atoms with E-state index in [2.05, 4.69) is 34.1 Å². The van der Waals surface area contributed by atoms with Crippen LogP contribution in [-0.2, 0) is 17.8 Å². The van der Waals surface area contributed by atoms with Gasteiger partial charge < -0.3 is 10.1 Å². The molecule has 2 aromatic heterocycles. The van der Waals surface area contributed by atoms with Crippen molar-refractivity contribution in [1.82, 2.24) is 24.6 Å². The number of aryl methyl sites for hydroxylation is 2. The predicted molar refractivity (Wildman–Crippen MR) is 125 cm³/mol. The van der Waals surface area contributed by atoms with Crippen molar-refractivity contribution >= 4 is 16.7 Å². The van der Waals surface area contributed by atoms with Crippen molar-refractivity contribution in [2.75, 3.05) is 44.7 Å². The lowest BCUT2D eigenvalue weighted by Crippen LogP contribution is -2.49. The second kappa shape index (κ2) is 9.43. The van der Waals surface area contributed by atoms with Crippen LogP contribution in [0.3, 0.4) is 0 Å². The Morgan fingerprint density at radius 1 is 1.06 bits per heavy atom. The summed E-state index contributed by atoms with van der Waals surface area (Å²) >= 11 is 0. The van der Waals surface area contributed by atoms with Crippen molar-refractivity contribution in [3.8, 4) is 0 Å². The second-order valence-corrected chi connectivity index (χ2v) is 9.53. The minimum absolute atomic E-state index is 0.460. The van der Waals surface area contributed by atoms with Crippen LogP contribution in [0.5, 0.6) is 0 Å². The zero-order valence-electron chi connectivity index (χ0n) is 19.3. The van der Waals surface area contributed by atoms with Crippen LogP contribution in [0.15, 0.2) is 6.20 Å². The smallest absolute Gasteiger partial charge is 0.160 e. The third kappa shape index (κ3) is 4.45. The van der Waals surface area contributed by atoms with Gasteiger partial charge in [0.1, 0.15) is 0 Å². The summed E-state index contributed by atoms with van der Waals surface area (Å²) in [5.74, 6) is 0. The zero-order chi connectivity index (χ0) is 21.2. The minimum atomic E-state index is 0.460. The standard InChI is InChI=1S/C24H38N6O/c1-3-30-24-21(16-25-30)23(27-19-8-14-31-15-9-19)22(18(2)26-24)17-28-10-12-29(13-11-28)20-6-4-5-7-20/h16,19-20H,3-15,17H2,1-2H3,(H,26,27). The molecule has 0 radical (unpaired) electrons. The average molecular weight is 427 g/mol. The Balaban J connectivity index is 1.38. The lowest BCUT2D eigenvalue weighted by atomic mass is 10.0. The van der Waals surface area contributed by atoms with Gasteiger partial charge in [-0.1, -0.05) is 12.8 Å². The normalized spacial score (nSPS) is 22.5. The molecule has 0 spiro atoms. The number of hydrogen-bond donors (Lipinski definition) is 1. The van der Waals surface area contributed by atoms with Crippen molar-refractivity contribution in [1.29, 1.82) is 0 Å². The minimum Gasteiger partial charge on any atom is -0.381 e. The molecule has 7 heteroatoms. The number of aromatic nitrogens is 3. The van der Waals surface area contributed by atoms with Crippen molar-refractivity contribution in [2.45, 2.75) is 77.5 Å². The van der Waals surface area contributed by atoms with E-state index in [-0.39, 0.29) is 0 Å². The van der Waals surface area contributed by atoms with Gasteiger partial charge in [-0.25, -0.2) is 9.67 Å². The number of piperazine rings is 1. The van der Waals surface area contributed by atoms with Gasteiger partial charge in [0.25, 0.3) is 0 Å². The van der Waals surface area contributed by atoms with Gasteiger partial charge in [0.05, 0.1) is 17.3 Å². The first-order valence-corrected chi connectivity index (χ1v) is 12.4. The molecule has 2 aliphatic heterocycles. The Kier molecular flexibility index (Phi) is 6.44. The first-order chi connectivity index (χ1) is 15.2. The molecule has 1 N–H and O–H groups in total. The fraction of sp³-hybridized carbons (Fsp3) is 0.750. The van der Waals surface area contributed by atoms with Gasteiger partial charge in [0, 0.05) is 75.8 Å². The average Bonchev–Trinajstić information content (AvgIpc) is 3.47. The third-order valence-electron chi connectivity index (χ3n) is 7.59. The van der Waals surface area contributed by atoms with Gasteiger partial charge in [0.15, 0.2) is 5.65 Å². The molecule has 7 nitrogen and oxygen atoms in total. The molecule has 0 aromatic carbocycles. The van der Waals surface area contributed by atoms with E-state index in [1.165, 1.54) is 55.4 Å². The van der Waals surface area contributed by atoms with E-state index in [1.54, 1.807) is 0 Å². The van der Waals surface area contributed by atoms with Crippen LogP contribution in [0, 0.1) is 6.92 Å². The Morgan fingerprint density at radius 2 is 1.81 bits per heavy atom. The molecule has 3 aliphatic rings. The largest absolute Gasteiger partial charge is 0.381 e.